The molecule has 0 rings (SSSR count). The van der Waals surface area contributed by atoms with Crippen molar-refractivity contribution in [2.45, 2.75) is 33.6 Å². The Labute approximate surface area is 75.6 Å². The van der Waals surface area contributed by atoms with Crippen LogP contribution in [-0.4, -0.2) is 11.7 Å². The molecule has 0 aliphatic heterocycles. The summed E-state index contributed by atoms with van der Waals surface area (Å²) in [6.07, 6.45) is 2.04. The lowest BCUT2D eigenvalue weighted by Gasteiger charge is -1.99. The van der Waals surface area contributed by atoms with Gasteiger partial charge in [-0.05, 0) is 20.3 Å². The molecule has 0 atom stereocenters. The molecule has 0 aliphatic rings. The fourth-order valence-electron chi connectivity index (χ4n) is 0.456. The monoisotopic (exact) mass is 172 g/mol. The van der Waals surface area contributed by atoms with Gasteiger partial charge in [-0.2, -0.15) is 0 Å². The van der Waals surface area contributed by atoms with Gasteiger partial charge in [0.15, 0.2) is 0 Å². The number of rotatable bonds is 4. The number of hydrogen-bond acceptors (Lipinski definition) is 2. The average molecular weight is 172 g/mol. The van der Waals surface area contributed by atoms with E-state index in [4.69, 9.17) is 9.84 Å². The quantitative estimate of drug-likeness (QED) is 0.661. The molecule has 0 aromatic carbocycles. The van der Waals surface area contributed by atoms with E-state index in [0.717, 1.165) is 12.8 Å². The maximum atomic E-state index is 8.07. The molecule has 72 valence electrons. The highest BCUT2D eigenvalue weighted by Crippen LogP contribution is 1.97. The van der Waals surface area contributed by atoms with E-state index in [2.05, 4.69) is 20.1 Å². The first-order valence-corrected chi connectivity index (χ1v) is 4.14. The Morgan fingerprint density at radius 3 is 1.67 bits per heavy atom. The van der Waals surface area contributed by atoms with Gasteiger partial charge in [0.25, 0.3) is 0 Å². The minimum absolute atomic E-state index is 0.344. The van der Waals surface area contributed by atoms with Crippen LogP contribution in [0.5, 0.6) is 0 Å². The van der Waals surface area contributed by atoms with Gasteiger partial charge in [-0.25, -0.2) is 0 Å². The van der Waals surface area contributed by atoms with E-state index in [1.807, 2.05) is 0 Å². The van der Waals surface area contributed by atoms with Crippen molar-refractivity contribution < 1.29 is 9.84 Å². The van der Waals surface area contributed by atoms with Gasteiger partial charge in [-0.15, -0.1) is 0 Å². The van der Waals surface area contributed by atoms with Crippen molar-refractivity contribution in [2.24, 2.45) is 0 Å². The Bertz CT molecular complexity index is 114. The van der Waals surface area contributed by atoms with Crippen LogP contribution >= 0.6 is 0 Å². The fourth-order valence-corrected chi connectivity index (χ4v) is 0.456. The van der Waals surface area contributed by atoms with Gasteiger partial charge in [0.2, 0.25) is 0 Å². The highest BCUT2D eigenvalue weighted by molar-refractivity contribution is 4.85. The molecule has 0 heterocycles. The summed E-state index contributed by atoms with van der Waals surface area (Å²) >= 11 is 0. The van der Waals surface area contributed by atoms with Gasteiger partial charge >= 0.3 is 0 Å². The van der Waals surface area contributed by atoms with Crippen molar-refractivity contribution in [1.29, 1.82) is 0 Å². The third-order valence-corrected chi connectivity index (χ3v) is 0.860. The SMILES string of the molecule is C=C(C)OC(=C)C.CCCCO. The second-order valence-electron chi connectivity index (χ2n) is 2.58. The summed E-state index contributed by atoms with van der Waals surface area (Å²) in [6.45, 7) is 13.0. The Morgan fingerprint density at radius 1 is 1.25 bits per heavy atom. The first kappa shape index (κ1) is 13.8. The van der Waals surface area contributed by atoms with Crippen LogP contribution in [0, 0.1) is 0 Å². The Morgan fingerprint density at radius 2 is 1.67 bits per heavy atom. The second kappa shape index (κ2) is 10.2. The van der Waals surface area contributed by atoms with E-state index in [1.165, 1.54) is 0 Å². The summed E-state index contributed by atoms with van der Waals surface area (Å²) in [7, 11) is 0. The summed E-state index contributed by atoms with van der Waals surface area (Å²) in [4.78, 5) is 0. The van der Waals surface area contributed by atoms with Gasteiger partial charge in [0.1, 0.15) is 0 Å². The lowest BCUT2D eigenvalue weighted by Crippen LogP contribution is -1.78. The van der Waals surface area contributed by atoms with Crippen LogP contribution in [0.25, 0.3) is 0 Å². The Kier molecular flexibility index (Phi) is 11.8. The first-order valence-electron chi connectivity index (χ1n) is 4.14. The van der Waals surface area contributed by atoms with Gasteiger partial charge in [-0.1, -0.05) is 26.5 Å². The number of aliphatic hydroxyl groups excluding tert-OH is 1. The predicted octanol–water partition coefficient (Wildman–Crippen LogP) is 2.85. The van der Waals surface area contributed by atoms with Crippen LogP contribution in [0.2, 0.25) is 0 Å². The zero-order valence-electron chi connectivity index (χ0n) is 8.39. The molecule has 0 aromatic heterocycles. The van der Waals surface area contributed by atoms with Crippen molar-refractivity contribution >= 4 is 0 Å². The van der Waals surface area contributed by atoms with E-state index in [9.17, 15) is 0 Å². The van der Waals surface area contributed by atoms with Gasteiger partial charge in [-0.3, -0.25) is 0 Å². The molecule has 12 heavy (non-hydrogen) atoms. The number of hydrogen-bond donors (Lipinski definition) is 1. The van der Waals surface area contributed by atoms with Crippen LogP contribution in [0.1, 0.15) is 33.6 Å². The molecule has 1 N–H and O–H groups in total. The molecule has 0 amide bonds. The molecule has 2 nitrogen and oxygen atoms in total. The predicted molar refractivity (Wildman–Crippen MR) is 52.7 cm³/mol. The van der Waals surface area contributed by atoms with E-state index < -0.39 is 0 Å². The maximum absolute atomic E-state index is 8.07. The number of ether oxygens (including phenoxy) is 1. The van der Waals surface area contributed by atoms with Gasteiger partial charge in [0.05, 0.1) is 11.5 Å². The maximum Gasteiger partial charge on any atom is 0.0933 e. The molecule has 0 bridgehead atoms. The third kappa shape index (κ3) is 22.8. The lowest BCUT2D eigenvalue weighted by molar-refractivity contribution is 0.287. The molecule has 0 saturated heterocycles. The zero-order valence-corrected chi connectivity index (χ0v) is 8.39. The lowest BCUT2D eigenvalue weighted by atomic mass is 10.4. The molecule has 0 saturated carbocycles. The largest absolute Gasteiger partial charge is 0.468 e. The summed E-state index contributed by atoms with van der Waals surface area (Å²) in [5.41, 5.74) is 0. The van der Waals surface area contributed by atoms with Crippen molar-refractivity contribution in [3.8, 4) is 0 Å². The number of allylic oxidation sites excluding steroid dienone is 2. The van der Waals surface area contributed by atoms with Crippen molar-refractivity contribution in [3.63, 3.8) is 0 Å². The molecular formula is C10H20O2. The van der Waals surface area contributed by atoms with Gasteiger partial charge in [0, 0.05) is 6.61 Å². The summed E-state index contributed by atoms with van der Waals surface area (Å²) < 4.78 is 4.86. The molecule has 0 radical (unpaired) electrons. The van der Waals surface area contributed by atoms with E-state index in [0.29, 0.717) is 18.1 Å². The molecule has 0 fully saturated rings. The Balaban J connectivity index is 0. The molecule has 0 aliphatic carbocycles. The van der Waals surface area contributed by atoms with Crippen molar-refractivity contribution in [3.05, 3.63) is 24.7 Å². The van der Waals surface area contributed by atoms with Crippen LogP contribution in [0.3, 0.4) is 0 Å². The Hall–Kier alpha value is -0.760. The molecular weight excluding hydrogens is 152 g/mol. The van der Waals surface area contributed by atoms with Crippen LogP contribution in [0.4, 0.5) is 0 Å². The number of unbranched alkanes of at least 4 members (excludes halogenated alkanes) is 1. The molecule has 0 aromatic rings. The minimum Gasteiger partial charge on any atom is -0.468 e. The normalized spacial score (nSPS) is 8.00. The van der Waals surface area contributed by atoms with Crippen LogP contribution in [-0.2, 0) is 4.74 Å². The highest BCUT2D eigenvalue weighted by atomic mass is 16.5. The standard InChI is InChI=1S/C6H10O.C4H10O/c1-5(2)7-6(3)4;1-2-3-4-5/h1,3H2,2,4H3;5H,2-4H2,1H3. The summed E-state index contributed by atoms with van der Waals surface area (Å²) in [6, 6.07) is 0. The molecule has 0 unspecified atom stereocenters. The topological polar surface area (TPSA) is 29.5 Å². The fraction of sp³-hybridized carbons (Fsp3) is 0.600. The van der Waals surface area contributed by atoms with E-state index >= 15 is 0 Å². The summed E-state index contributed by atoms with van der Waals surface area (Å²) in [5.74, 6) is 1.38. The minimum atomic E-state index is 0.344. The highest BCUT2D eigenvalue weighted by Gasteiger charge is 1.80. The second-order valence-corrected chi connectivity index (χ2v) is 2.58. The third-order valence-electron chi connectivity index (χ3n) is 0.860. The summed E-state index contributed by atoms with van der Waals surface area (Å²) in [5, 5.41) is 8.07. The average Bonchev–Trinajstić information content (AvgIpc) is 1.87. The van der Waals surface area contributed by atoms with Crippen LogP contribution in [0.15, 0.2) is 24.7 Å². The molecule has 0 spiro atoms. The smallest absolute Gasteiger partial charge is 0.0933 e. The van der Waals surface area contributed by atoms with Crippen molar-refractivity contribution in [2.75, 3.05) is 6.61 Å². The number of aliphatic hydroxyl groups is 1. The van der Waals surface area contributed by atoms with E-state index in [1.54, 1.807) is 13.8 Å². The molecule has 2 heteroatoms. The zero-order chi connectivity index (χ0) is 9.98. The van der Waals surface area contributed by atoms with E-state index in [-0.39, 0.29) is 0 Å². The van der Waals surface area contributed by atoms with Gasteiger partial charge < -0.3 is 9.84 Å². The first-order chi connectivity index (χ1) is 5.54. The van der Waals surface area contributed by atoms with Crippen LogP contribution < -0.4 is 0 Å². The van der Waals surface area contributed by atoms with Crippen molar-refractivity contribution in [1.82, 2.24) is 0 Å².